The molecule has 1 amide bonds. The molecule has 1 saturated heterocycles. The third-order valence-electron chi connectivity index (χ3n) is 6.10. The van der Waals surface area contributed by atoms with Gasteiger partial charge in [0.05, 0.1) is 4.90 Å². The van der Waals surface area contributed by atoms with Crippen molar-refractivity contribution in [1.29, 1.82) is 0 Å². The van der Waals surface area contributed by atoms with Gasteiger partial charge in [0, 0.05) is 18.8 Å². The van der Waals surface area contributed by atoms with Gasteiger partial charge in [0.15, 0.2) is 6.61 Å². The molecule has 0 radical (unpaired) electrons. The molecular formula is C27H38N2O4S. The maximum atomic E-state index is 12.8. The number of nitrogens with one attached hydrogen (secondary N) is 1. The van der Waals surface area contributed by atoms with Gasteiger partial charge in [0.25, 0.3) is 5.91 Å². The molecule has 7 heteroatoms. The number of hydrogen-bond acceptors (Lipinski definition) is 4. The molecule has 0 atom stereocenters. The van der Waals surface area contributed by atoms with E-state index in [1.165, 1.54) is 9.87 Å². The van der Waals surface area contributed by atoms with Crippen LogP contribution < -0.4 is 10.1 Å². The lowest BCUT2D eigenvalue weighted by atomic mass is 9.80. The molecule has 0 spiro atoms. The lowest BCUT2D eigenvalue weighted by Crippen LogP contribution is -2.35. The summed E-state index contributed by atoms with van der Waals surface area (Å²) in [4.78, 5) is 12.8. The highest BCUT2D eigenvalue weighted by molar-refractivity contribution is 7.89. The number of amides is 1. The average Bonchev–Trinajstić information content (AvgIpc) is 2.77. The molecule has 0 saturated carbocycles. The monoisotopic (exact) mass is 486 g/mol. The lowest BCUT2D eigenvalue weighted by Gasteiger charge is -2.27. The van der Waals surface area contributed by atoms with Gasteiger partial charge in [-0.25, -0.2) is 8.42 Å². The molecule has 1 heterocycles. The lowest BCUT2D eigenvalue weighted by molar-refractivity contribution is -0.118. The van der Waals surface area contributed by atoms with Gasteiger partial charge < -0.3 is 10.1 Å². The SMILES string of the molecule is CC(C)(C)c1ccc(OCC(=O)Nc2ccc(S(=O)(=O)N3CCCCC3)cc2)c(C(C)(C)C)c1. The molecule has 2 aromatic carbocycles. The van der Waals surface area contributed by atoms with Crippen LogP contribution in [-0.2, 0) is 25.6 Å². The number of ether oxygens (including phenoxy) is 1. The standard InChI is InChI=1S/C27H38N2O4S/c1-26(2,3)20-10-15-24(23(18-20)27(4,5)6)33-19-25(30)28-21-11-13-22(14-12-21)34(31,32)29-16-8-7-9-17-29/h10-15,18H,7-9,16-17,19H2,1-6H3,(H,28,30). The Labute approximate surface area is 204 Å². The van der Waals surface area contributed by atoms with Gasteiger partial charge in [-0.1, -0.05) is 60.1 Å². The van der Waals surface area contributed by atoms with Crippen molar-refractivity contribution in [2.75, 3.05) is 25.0 Å². The fourth-order valence-corrected chi connectivity index (χ4v) is 5.53. The first-order valence-electron chi connectivity index (χ1n) is 12.0. The van der Waals surface area contributed by atoms with E-state index in [0.717, 1.165) is 24.8 Å². The summed E-state index contributed by atoms with van der Waals surface area (Å²) in [6, 6.07) is 12.5. The molecule has 2 aromatic rings. The van der Waals surface area contributed by atoms with Crippen LogP contribution in [0, 0.1) is 0 Å². The summed E-state index contributed by atoms with van der Waals surface area (Å²) in [6.45, 7) is 13.9. The molecule has 0 bridgehead atoms. The minimum Gasteiger partial charge on any atom is -0.483 e. The van der Waals surface area contributed by atoms with E-state index in [1.54, 1.807) is 24.3 Å². The molecule has 1 aliphatic rings. The first kappa shape index (κ1) is 26.2. The quantitative estimate of drug-likeness (QED) is 0.587. The summed E-state index contributed by atoms with van der Waals surface area (Å²) in [5.74, 6) is 0.394. The molecular weight excluding hydrogens is 448 g/mol. The highest BCUT2D eigenvalue weighted by Gasteiger charge is 2.26. The summed E-state index contributed by atoms with van der Waals surface area (Å²) in [7, 11) is -3.49. The zero-order chi connectivity index (χ0) is 25.1. The number of rotatable bonds is 6. The summed E-state index contributed by atoms with van der Waals surface area (Å²) in [6.07, 6.45) is 2.85. The summed E-state index contributed by atoms with van der Waals surface area (Å²) in [5.41, 5.74) is 2.69. The molecule has 0 aromatic heterocycles. The number of piperidine rings is 1. The maximum Gasteiger partial charge on any atom is 0.262 e. The zero-order valence-corrected chi connectivity index (χ0v) is 22.1. The molecule has 0 aliphatic carbocycles. The van der Waals surface area contributed by atoms with E-state index in [0.29, 0.717) is 24.5 Å². The average molecular weight is 487 g/mol. The summed E-state index contributed by atoms with van der Waals surface area (Å²) >= 11 is 0. The third kappa shape index (κ3) is 6.39. The van der Waals surface area contributed by atoms with Gasteiger partial charge in [0.2, 0.25) is 10.0 Å². The third-order valence-corrected chi connectivity index (χ3v) is 8.02. The molecule has 0 unspecified atom stereocenters. The highest BCUT2D eigenvalue weighted by atomic mass is 32.2. The molecule has 1 fully saturated rings. The van der Waals surface area contributed by atoms with Crippen molar-refractivity contribution in [2.24, 2.45) is 0 Å². The first-order chi connectivity index (χ1) is 15.8. The minimum absolute atomic E-state index is 0.0174. The molecule has 6 nitrogen and oxygen atoms in total. The van der Waals surface area contributed by atoms with Gasteiger partial charge in [-0.05, 0) is 65.1 Å². The van der Waals surface area contributed by atoms with E-state index >= 15 is 0 Å². The minimum atomic E-state index is -3.49. The molecule has 34 heavy (non-hydrogen) atoms. The largest absolute Gasteiger partial charge is 0.483 e. The molecule has 186 valence electrons. The van der Waals surface area contributed by atoms with Gasteiger partial charge in [0.1, 0.15) is 5.75 Å². The van der Waals surface area contributed by atoms with E-state index in [9.17, 15) is 13.2 Å². The Balaban J connectivity index is 1.65. The second kappa shape index (κ2) is 10.1. The predicted octanol–water partition coefficient (Wildman–Crippen LogP) is 5.47. The van der Waals surface area contributed by atoms with Crippen LogP contribution in [0.5, 0.6) is 5.75 Å². The van der Waals surface area contributed by atoms with Gasteiger partial charge >= 0.3 is 0 Å². The van der Waals surface area contributed by atoms with Crippen LogP contribution in [-0.4, -0.2) is 38.3 Å². The number of sulfonamides is 1. The van der Waals surface area contributed by atoms with Crippen molar-refractivity contribution >= 4 is 21.6 Å². The van der Waals surface area contributed by atoms with Gasteiger partial charge in [-0.2, -0.15) is 4.31 Å². The van der Waals surface area contributed by atoms with Crippen LogP contribution in [0.3, 0.4) is 0 Å². The fraction of sp³-hybridized carbons (Fsp3) is 0.519. The molecule has 3 rings (SSSR count). The number of anilines is 1. The van der Waals surface area contributed by atoms with Crippen LogP contribution in [0.1, 0.15) is 71.9 Å². The van der Waals surface area contributed by atoms with Crippen molar-refractivity contribution in [3.8, 4) is 5.75 Å². The Kier molecular flexibility index (Phi) is 7.78. The number of carbonyl (C=O) groups excluding carboxylic acids is 1. The van der Waals surface area contributed by atoms with E-state index in [1.807, 2.05) is 12.1 Å². The van der Waals surface area contributed by atoms with Crippen LogP contribution in [0.15, 0.2) is 47.4 Å². The first-order valence-corrected chi connectivity index (χ1v) is 13.4. The Morgan fingerprint density at radius 1 is 0.912 bits per heavy atom. The topological polar surface area (TPSA) is 75.7 Å². The summed E-state index contributed by atoms with van der Waals surface area (Å²) in [5, 5.41) is 2.79. The fourth-order valence-electron chi connectivity index (χ4n) is 4.01. The van der Waals surface area contributed by atoms with Crippen LogP contribution in [0.2, 0.25) is 0 Å². The van der Waals surface area contributed by atoms with Crippen LogP contribution in [0.25, 0.3) is 0 Å². The highest BCUT2D eigenvalue weighted by Crippen LogP contribution is 2.35. The Morgan fingerprint density at radius 3 is 2.09 bits per heavy atom. The smallest absolute Gasteiger partial charge is 0.262 e. The van der Waals surface area contributed by atoms with Crippen molar-refractivity contribution in [3.63, 3.8) is 0 Å². The number of carbonyl (C=O) groups is 1. The van der Waals surface area contributed by atoms with E-state index < -0.39 is 10.0 Å². The second-order valence-corrected chi connectivity index (χ2v) is 13.0. The maximum absolute atomic E-state index is 12.8. The molecule has 1 aliphatic heterocycles. The normalized spacial score (nSPS) is 15.7. The van der Waals surface area contributed by atoms with Crippen molar-refractivity contribution in [3.05, 3.63) is 53.6 Å². The van der Waals surface area contributed by atoms with Crippen molar-refractivity contribution in [2.45, 2.75) is 76.5 Å². The molecule has 1 N–H and O–H groups in total. The number of benzene rings is 2. The van der Waals surface area contributed by atoms with Crippen molar-refractivity contribution in [1.82, 2.24) is 4.31 Å². The van der Waals surface area contributed by atoms with E-state index in [2.05, 4.69) is 52.9 Å². The van der Waals surface area contributed by atoms with Crippen molar-refractivity contribution < 1.29 is 17.9 Å². The second-order valence-electron chi connectivity index (χ2n) is 11.0. The predicted molar refractivity (Wildman–Crippen MR) is 137 cm³/mol. The zero-order valence-electron chi connectivity index (χ0n) is 21.3. The summed E-state index contributed by atoms with van der Waals surface area (Å²) < 4.78 is 33.0. The Bertz CT molecular complexity index is 1100. The Hall–Kier alpha value is -2.38. The van der Waals surface area contributed by atoms with Crippen LogP contribution in [0.4, 0.5) is 5.69 Å². The van der Waals surface area contributed by atoms with E-state index in [-0.39, 0.29) is 28.2 Å². The van der Waals surface area contributed by atoms with Gasteiger partial charge in [-0.3, -0.25) is 4.79 Å². The van der Waals surface area contributed by atoms with E-state index in [4.69, 9.17) is 4.74 Å². The van der Waals surface area contributed by atoms with Gasteiger partial charge in [-0.15, -0.1) is 0 Å². The van der Waals surface area contributed by atoms with Crippen LogP contribution >= 0.6 is 0 Å². The number of nitrogens with zero attached hydrogens (tertiary/aromatic N) is 1. The number of hydrogen-bond donors (Lipinski definition) is 1. The Morgan fingerprint density at radius 2 is 1.53 bits per heavy atom.